The minimum Gasteiger partial charge on any atom is -0.444 e. The van der Waals surface area contributed by atoms with E-state index < -0.39 is 17.3 Å². The van der Waals surface area contributed by atoms with Crippen molar-refractivity contribution in [3.63, 3.8) is 0 Å². The van der Waals surface area contributed by atoms with Crippen LogP contribution in [0.1, 0.15) is 31.1 Å². The molecule has 31 heavy (non-hydrogen) atoms. The number of carbonyl (C=O) groups excluding carboxylic acids is 2. The average molecular weight is 513 g/mol. The third kappa shape index (κ3) is 6.11. The summed E-state index contributed by atoms with van der Waals surface area (Å²) in [5.74, 6) is -0.937. The smallest absolute Gasteiger partial charge is 0.410 e. The molecule has 6 nitrogen and oxygen atoms in total. The molecule has 1 aliphatic rings. The van der Waals surface area contributed by atoms with E-state index >= 15 is 0 Å². The molecule has 2 aromatic carbocycles. The summed E-state index contributed by atoms with van der Waals surface area (Å²) in [6.45, 7) is 7.81. The van der Waals surface area contributed by atoms with Crippen LogP contribution < -0.4 is 10.2 Å². The van der Waals surface area contributed by atoms with Crippen LogP contribution in [0.3, 0.4) is 0 Å². The van der Waals surface area contributed by atoms with Gasteiger partial charge in [0.2, 0.25) is 0 Å². The van der Waals surface area contributed by atoms with Crippen LogP contribution in [0.5, 0.6) is 0 Å². The van der Waals surface area contributed by atoms with E-state index in [0.29, 0.717) is 41.4 Å². The van der Waals surface area contributed by atoms with Crippen molar-refractivity contribution in [1.29, 1.82) is 0 Å². The van der Waals surface area contributed by atoms with Crippen molar-refractivity contribution in [2.24, 2.45) is 0 Å². The first-order valence-corrected chi connectivity index (χ1v) is 11.0. The van der Waals surface area contributed by atoms with E-state index in [1.54, 1.807) is 17.0 Å². The van der Waals surface area contributed by atoms with Gasteiger partial charge in [0.1, 0.15) is 11.4 Å². The third-order valence-corrected chi connectivity index (χ3v) is 5.61. The molecule has 0 atom stereocenters. The molecule has 0 radical (unpaired) electrons. The lowest BCUT2D eigenvalue weighted by atomic mass is 10.2. The number of nitrogens with one attached hydrogen (secondary N) is 1. The Hall–Kier alpha value is -2.32. The van der Waals surface area contributed by atoms with Crippen LogP contribution in [0.4, 0.5) is 20.6 Å². The molecule has 0 aromatic heterocycles. The summed E-state index contributed by atoms with van der Waals surface area (Å²) in [5.41, 5.74) is 1.01. The van der Waals surface area contributed by atoms with Crippen LogP contribution in [-0.2, 0) is 4.74 Å². The van der Waals surface area contributed by atoms with Gasteiger partial charge in [-0.2, -0.15) is 0 Å². The molecule has 1 saturated heterocycles. The summed E-state index contributed by atoms with van der Waals surface area (Å²) in [5, 5.41) is 3.20. The standard InChI is InChI=1S/C22H24BrClFN3O3/c1-22(2,3)31-21(30)28-10-8-27(9-11-28)19-7-5-15(13-17(19)24)26-20(29)14-4-6-16(23)18(25)12-14/h4-7,12-13H,8-11H2,1-3H3,(H,26,29). The summed E-state index contributed by atoms with van der Waals surface area (Å²) < 4.78 is 19.4. The number of hydrogen-bond acceptors (Lipinski definition) is 4. The highest BCUT2D eigenvalue weighted by atomic mass is 79.9. The molecular formula is C22H24BrClFN3O3. The van der Waals surface area contributed by atoms with Gasteiger partial charge in [-0.3, -0.25) is 4.79 Å². The highest BCUT2D eigenvalue weighted by molar-refractivity contribution is 9.10. The normalized spacial score (nSPS) is 14.4. The van der Waals surface area contributed by atoms with Crippen LogP contribution in [-0.4, -0.2) is 48.7 Å². The zero-order valence-electron chi connectivity index (χ0n) is 17.5. The molecule has 1 heterocycles. The third-order valence-electron chi connectivity index (χ3n) is 4.66. The SMILES string of the molecule is CC(C)(C)OC(=O)N1CCN(c2ccc(NC(=O)c3ccc(Br)c(F)c3)cc2Cl)CC1. The minimum absolute atomic E-state index is 0.208. The van der Waals surface area contributed by atoms with Gasteiger partial charge in [-0.15, -0.1) is 0 Å². The van der Waals surface area contributed by atoms with Gasteiger partial charge in [-0.25, -0.2) is 9.18 Å². The Balaban J connectivity index is 1.61. The van der Waals surface area contributed by atoms with Crippen LogP contribution in [0, 0.1) is 5.82 Å². The Morgan fingerprint density at radius 3 is 2.35 bits per heavy atom. The average Bonchev–Trinajstić information content (AvgIpc) is 2.69. The number of carbonyl (C=O) groups is 2. The predicted molar refractivity (Wildman–Crippen MR) is 124 cm³/mol. The molecule has 1 fully saturated rings. The fourth-order valence-corrected chi connectivity index (χ4v) is 3.68. The summed E-state index contributed by atoms with van der Waals surface area (Å²) >= 11 is 9.53. The largest absolute Gasteiger partial charge is 0.444 e. The summed E-state index contributed by atoms with van der Waals surface area (Å²) in [4.78, 5) is 28.4. The first kappa shape index (κ1) is 23.3. The van der Waals surface area contributed by atoms with Crippen LogP contribution in [0.2, 0.25) is 5.02 Å². The maximum absolute atomic E-state index is 13.7. The van der Waals surface area contributed by atoms with E-state index in [9.17, 15) is 14.0 Å². The van der Waals surface area contributed by atoms with Crippen molar-refractivity contribution in [2.75, 3.05) is 36.4 Å². The number of halogens is 3. The second-order valence-electron chi connectivity index (χ2n) is 8.20. The zero-order valence-corrected chi connectivity index (χ0v) is 19.9. The molecule has 3 rings (SSSR count). The number of benzene rings is 2. The number of rotatable bonds is 3. The Labute approximate surface area is 194 Å². The molecular weight excluding hydrogens is 489 g/mol. The van der Waals surface area contributed by atoms with Crippen molar-refractivity contribution < 1.29 is 18.7 Å². The molecule has 0 spiro atoms. The molecule has 166 valence electrons. The second kappa shape index (κ2) is 9.44. The Kier molecular flexibility index (Phi) is 7.11. The molecule has 0 saturated carbocycles. The predicted octanol–water partition coefficient (Wildman–Crippen LogP) is 5.55. The molecule has 2 aromatic rings. The molecule has 2 amide bonds. The fourth-order valence-electron chi connectivity index (χ4n) is 3.14. The monoisotopic (exact) mass is 511 g/mol. The Morgan fingerprint density at radius 2 is 1.77 bits per heavy atom. The molecule has 0 aliphatic carbocycles. The van der Waals surface area contributed by atoms with E-state index in [0.717, 1.165) is 5.69 Å². The van der Waals surface area contributed by atoms with Crippen LogP contribution in [0.25, 0.3) is 0 Å². The maximum Gasteiger partial charge on any atom is 0.410 e. The lowest BCUT2D eigenvalue weighted by molar-refractivity contribution is 0.0240. The number of piperazine rings is 1. The van der Waals surface area contributed by atoms with E-state index in [4.69, 9.17) is 16.3 Å². The molecule has 0 unspecified atom stereocenters. The van der Waals surface area contributed by atoms with Gasteiger partial charge >= 0.3 is 6.09 Å². The highest BCUT2D eigenvalue weighted by Crippen LogP contribution is 2.30. The van der Waals surface area contributed by atoms with Gasteiger partial charge in [0, 0.05) is 37.4 Å². The topological polar surface area (TPSA) is 61.9 Å². The number of nitrogens with zero attached hydrogens (tertiary/aromatic N) is 2. The molecule has 1 aliphatic heterocycles. The lowest BCUT2D eigenvalue weighted by Crippen LogP contribution is -2.50. The van der Waals surface area contributed by atoms with E-state index in [2.05, 4.69) is 26.1 Å². The van der Waals surface area contributed by atoms with Crippen LogP contribution in [0.15, 0.2) is 40.9 Å². The lowest BCUT2D eigenvalue weighted by Gasteiger charge is -2.37. The van der Waals surface area contributed by atoms with Crippen molar-refractivity contribution in [3.8, 4) is 0 Å². The summed E-state index contributed by atoms with van der Waals surface area (Å²) in [6.07, 6.45) is -0.319. The highest BCUT2D eigenvalue weighted by Gasteiger charge is 2.26. The van der Waals surface area contributed by atoms with Gasteiger partial charge in [0.15, 0.2) is 0 Å². The first-order valence-electron chi connectivity index (χ1n) is 9.82. The van der Waals surface area contributed by atoms with Crippen LogP contribution >= 0.6 is 27.5 Å². The minimum atomic E-state index is -0.528. The van der Waals surface area contributed by atoms with Crippen molar-refractivity contribution in [2.45, 2.75) is 26.4 Å². The summed E-state index contributed by atoms with van der Waals surface area (Å²) in [7, 11) is 0. The van der Waals surface area contributed by atoms with Gasteiger partial charge in [0.05, 0.1) is 15.2 Å². The molecule has 1 N–H and O–H groups in total. The second-order valence-corrected chi connectivity index (χ2v) is 9.47. The van der Waals surface area contributed by atoms with Crippen molar-refractivity contribution >= 4 is 50.9 Å². The number of amides is 2. The Bertz CT molecular complexity index is 988. The van der Waals surface area contributed by atoms with E-state index in [1.165, 1.54) is 18.2 Å². The molecule has 0 bridgehead atoms. The van der Waals surface area contributed by atoms with Gasteiger partial charge < -0.3 is 19.9 Å². The van der Waals surface area contributed by atoms with Crippen molar-refractivity contribution in [1.82, 2.24) is 4.90 Å². The van der Waals surface area contributed by atoms with Crippen molar-refractivity contribution in [3.05, 3.63) is 57.3 Å². The van der Waals surface area contributed by atoms with Gasteiger partial charge in [0.25, 0.3) is 5.91 Å². The van der Waals surface area contributed by atoms with Gasteiger partial charge in [-0.05, 0) is 73.1 Å². The summed E-state index contributed by atoms with van der Waals surface area (Å²) in [6, 6.07) is 9.40. The Morgan fingerprint density at radius 1 is 1.10 bits per heavy atom. The number of hydrogen-bond donors (Lipinski definition) is 1. The zero-order chi connectivity index (χ0) is 22.8. The number of anilines is 2. The maximum atomic E-state index is 13.7. The molecule has 9 heteroatoms. The van der Waals surface area contributed by atoms with E-state index in [-0.39, 0.29) is 11.7 Å². The quantitative estimate of drug-likeness (QED) is 0.586. The fraction of sp³-hybridized carbons (Fsp3) is 0.364. The first-order chi connectivity index (χ1) is 14.5. The van der Waals surface area contributed by atoms with E-state index in [1.807, 2.05) is 26.8 Å². The van der Waals surface area contributed by atoms with Gasteiger partial charge in [-0.1, -0.05) is 11.6 Å². The number of ether oxygens (including phenoxy) is 1.